The van der Waals surface area contributed by atoms with Crippen molar-refractivity contribution in [3.8, 4) is 0 Å². The Labute approximate surface area is 138 Å². The first-order chi connectivity index (χ1) is 10.6. The number of nitrogens with zero attached hydrogens (tertiary/aromatic N) is 4. The average Bonchev–Trinajstić information content (AvgIpc) is 2.99. The van der Waals surface area contributed by atoms with Crippen molar-refractivity contribution in [3.05, 3.63) is 22.4 Å². The van der Waals surface area contributed by atoms with Gasteiger partial charge in [-0.3, -0.25) is 9.89 Å². The van der Waals surface area contributed by atoms with E-state index in [4.69, 9.17) is 4.99 Å². The highest BCUT2D eigenvalue weighted by Crippen LogP contribution is 2.09. The van der Waals surface area contributed by atoms with E-state index in [1.54, 1.807) is 11.3 Å². The van der Waals surface area contributed by atoms with E-state index in [1.165, 1.54) is 5.56 Å². The molecule has 5 nitrogen and oxygen atoms in total. The van der Waals surface area contributed by atoms with E-state index in [2.05, 4.69) is 64.9 Å². The lowest BCUT2D eigenvalue weighted by Gasteiger charge is -2.37. The molecule has 124 valence electrons. The number of guanidine groups is 1. The molecule has 1 fully saturated rings. The Bertz CT molecular complexity index is 459. The van der Waals surface area contributed by atoms with Gasteiger partial charge in [-0.2, -0.15) is 11.3 Å². The van der Waals surface area contributed by atoms with E-state index in [0.717, 1.165) is 45.2 Å². The summed E-state index contributed by atoms with van der Waals surface area (Å²) in [4.78, 5) is 11.9. The molecule has 1 aliphatic heterocycles. The lowest BCUT2D eigenvalue weighted by atomic mass is 10.2. The highest BCUT2D eigenvalue weighted by Gasteiger charge is 2.22. The minimum Gasteiger partial charge on any atom is -0.357 e. The number of hydrogen-bond acceptors (Lipinski definition) is 4. The molecule has 0 aromatic carbocycles. The summed E-state index contributed by atoms with van der Waals surface area (Å²) >= 11 is 1.74. The van der Waals surface area contributed by atoms with Crippen LogP contribution in [0.5, 0.6) is 0 Å². The SMILES string of the molecule is CCNC(=NCC1CN(C)CCN1C)N(C)Cc1ccsc1. The van der Waals surface area contributed by atoms with Crippen molar-refractivity contribution in [2.24, 2.45) is 4.99 Å². The predicted octanol–water partition coefficient (Wildman–Crippen LogP) is 1.39. The topological polar surface area (TPSA) is 34.1 Å². The quantitative estimate of drug-likeness (QED) is 0.656. The normalized spacial score (nSPS) is 21.1. The number of aliphatic imine (C=N–C) groups is 1. The van der Waals surface area contributed by atoms with E-state index in [0.29, 0.717) is 6.04 Å². The minimum absolute atomic E-state index is 0.502. The maximum atomic E-state index is 4.87. The van der Waals surface area contributed by atoms with E-state index in [1.807, 2.05) is 0 Å². The molecule has 0 radical (unpaired) electrons. The van der Waals surface area contributed by atoms with Crippen molar-refractivity contribution >= 4 is 17.3 Å². The molecular weight excluding hydrogens is 294 g/mol. The van der Waals surface area contributed by atoms with Crippen LogP contribution < -0.4 is 5.32 Å². The van der Waals surface area contributed by atoms with Crippen molar-refractivity contribution < 1.29 is 0 Å². The van der Waals surface area contributed by atoms with Crippen LogP contribution in [0.3, 0.4) is 0 Å². The molecule has 1 aromatic heterocycles. The standard InChI is InChI=1S/C16H29N5S/c1-5-17-16(21(4)11-14-6-9-22-13-14)18-10-15-12-19(2)7-8-20(15)3/h6,9,13,15H,5,7-8,10-12H2,1-4H3,(H,17,18). The fraction of sp³-hybridized carbons (Fsp3) is 0.688. The Morgan fingerprint density at radius 2 is 2.27 bits per heavy atom. The third kappa shape index (κ3) is 4.97. The van der Waals surface area contributed by atoms with Gasteiger partial charge in [-0.25, -0.2) is 0 Å². The van der Waals surface area contributed by atoms with Gasteiger partial charge in [0.1, 0.15) is 0 Å². The van der Waals surface area contributed by atoms with Crippen molar-refractivity contribution in [2.45, 2.75) is 19.5 Å². The van der Waals surface area contributed by atoms with E-state index >= 15 is 0 Å². The van der Waals surface area contributed by atoms with Gasteiger partial charge in [0.05, 0.1) is 6.54 Å². The average molecular weight is 324 g/mol. The highest BCUT2D eigenvalue weighted by atomic mass is 32.1. The van der Waals surface area contributed by atoms with Gasteiger partial charge in [0.2, 0.25) is 0 Å². The summed E-state index contributed by atoms with van der Waals surface area (Å²) in [5.41, 5.74) is 1.34. The third-order valence-corrected chi connectivity index (χ3v) is 4.86. The maximum absolute atomic E-state index is 4.87. The summed E-state index contributed by atoms with van der Waals surface area (Å²) in [6.07, 6.45) is 0. The van der Waals surface area contributed by atoms with Crippen molar-refractivity contribution in [1.29, 1.82) is 0 Å². The van der Waals surface area contributed by atoms with Crippen LogP contribution in [0.1, 0.15) is 12.5 Å². The fourth-order valence-corrected chi connectivity index (χ4v) is 3.35. The van der Waals surface area contributed by atoms with Gasteiger partial charge in [0.25, 0.3) is 0 Å². The van der Waals surface area contributed by atoms with Gasteiger partial charge in [0, 0.05) is 45.8 Å². The molecule has 22 heavy (non-hydrogen) atoms. The summed E-state index contributed by atoms with van der Waals surface area (Å²) in [5.74, 6) is 0.996. The number of rotatable bonds is 5. The highest BCUT2D eigenvalue weighted by molar-refractivity contribution is 7.07. The Morgan fingerprint density at radius 1 is 1.45 bits per heavy atom. The van der Waals surface area contributed by atoms with Crippen LogP contribution in [0.2, 0.25) is 0 Å². The first kappa shape index (κ1) is 17.2. The molecular formula is C16H29N5S. The molecule has 1 N–H and O–H groups in total. The zero-order valence-corrected chi connectivity index (χ0v) is 15.1. The summed E-state index contributed by atoms with van der Waals surface area (Å²) < 4.78 is 0. The monoisotopic (exact) mass is 323 g/mol. The molecule has 1 aromatic rings. The molecule has 6 heteroatoms. The Kier molecular flexibility index (Phi) is 6.67. The molecule has 1 unspecified atom stereocenters. The largest absolute Gasteiger partial charge is 0.357 e. The number of nitrogens with one attached hydrogen (secondary N) is 1. The lowest BCUT2D eigenvalue weighted by Crippen LogP contribution is -2.51. The van der Waals surface area contributed by atoms with Crippen LogP contribution in [0, 0.1) is 0 Å². The number of piperazine rings is 1. The van der Waals surface area contributed by atoms with Crippen LogP contribution in [0.15, 0.2) is 21.8 Å². The predicted molar refractivity (Wildman–Crippen MR) is 95.7 cm³/mol. The first-order valence-electron chi connectivity index (χ1n) is 7.99. The number of thiophene rings is 1. The summed E-state index contributed by atoms with van der Waals surface area (Å²) in [7, 11) is 6.50. The lowest BCUT2D eigenvalue weighted by molar-refractivity contribution is 0.119. The summed E-state index contributed by atoms with van der Waals surface area (Å²) in [6, 6.07) is 2.68. The molecule has 1 atom stereocenters. The molecule has 0 saturated carbocycles. The van der Waals surface area contributed by atoms with Gasteiger partial charge in [-0.15, -0.1) is 0 Å². The summed E-state index contributed by atoms with van der Waals surface area (Å²) in [6.45, 7) is 8.12. The Hall–Kier alpha value is -1.11. The first-order valence-corrected chi connectivity index (χ1v) is 8.93. The van der Waals surface area contributed by atoms with Crippen LogP contribution in [-0.4, -0.2) is 80.6 Å². The fourth-order valence-electron chi connectivity index (χ4n) is 2.69. The minimum atomic E-state index is 0.502. The Balaban J connectivity index is 1.96. The zero-order chi connectivity index (χ0) is 15.9. The number of likely N-dealkylation sites (N-methyl/N-ethyl adjacent to an activating group) is 2. The van der Waals surface area contributed by atoms with Crippen molar-refractivity contribution in [2.75, 3.05) is 53.9 Å². The van der Waals surface area contributed by atoms with Gasteiger partial charge >= 0.3 is 0 Å². The van der Waals surface area contributed by atoms with Crippen LogP contribution >= 0.6 is 11.3 Å². The van der Waals surface area contributed by atoms with Crippen LogP contribution in [-0.2, 0) is 6.54 Å². The molecule has 0 spiro atoms. The molecule has 1 aliphatic rings. The second-order valence-electron chi connectivity index (χ2n) is 6.08. The zero-order valence-electron chi connectivity index (χ0n) is 14.2. The van der Waals surface area contributed by atoms with Gasteiger partial charge in [-0.1, -0.05) is 0 Å². The molecule has 1 saturated heterocycles. The van der Waals surface area contributed by atoms with E-state index < -0.39 is 0 Å². The smallest absolute Gasteiger partial charge is 0.194 e. The maximum Gasteiger partial charge on any atom is 0.194 e. The molecule has 0 bridgehead atoms. The summed E-state index contributed by atoms with van der Waals surface area (Å²) in [5, 5.41) is 7.73. The van der Waals surface area contributed by atoms with Crippen LogP contribution in [0.25, 0.3) is 0 Å². The van der Waals surface area contributed by atoms with E-state index in [9.17, 15) is 0 Å². The third-order valence-electron chi connectivity index (χ3n) is 4.13. The van der Waals surface area contributed by atoms with Gasteiger partial charge in [0.15, 0.2) is 5.96 Å². The van der Waals surface area contributed by atoms with E-state index in [-0.39, 0.29) is 0 Å². The number of hydrogen-bond donors (Lipinski definition) is 1. The van der Waals surface area contributed by atoms with Crippen molar-refractivity contribution in [3.63, 3.8) is 0 Å². The van der Waals surface area contributed by atoms with Gasteiger partial charge in [-0.05, 0) is 43.4 Å². The molecule has 2 heterocycles. The second kappa shape index (κ2) is 8.50. The Morgan fingerprint density at radius 3 is 2.95 bits per heavy atom. The van der Waals surface area contributed by atoms with Crippen molar-refractivity contribution in [1.82, 2.24) is 20.0 Å². The molecule has 0 aliphatic carbocycles. The molecule has 2 rings (SSSR count). The molecule has 0 amide bonds. The second-order valence-corrected chi connectivity index (χ2v) is 6.86. The van der Waals surface area contributed by atoms with Gasteiger partial charge < -0.3 is 15.1 Å². The van der Waals surface area contributed by atoms with Crippen LogP contribution in [0.4, 0.5) is 0 Å².